The number of unbranched alkanes of at least 4 members (excludes halogenated alkanes) is 2. The van der Waals surface area contributed by atoms with E-state index in [1.165, 1.54) is 0 Å². The first-order valence-electron chi connectivity index (χ1n) is 16.6. The zero-order valence-corrected chi connectivity index (χ0v) is 26.5. The molecule has 0 aromatic heterocycles. The van der Waals surface area contributed by atoms with E-state index < -0.39 is 41.1 Å². The minimum Gasteiger partial charge on any atom is -0.465 e. The molecule has 2 bridgehead atoms. The van der Waals surface area contributed by atoms with E-state index in [0.717, 1.165) is 50.5 Å². The number of hydrogen-bond acceptors (Lipinski definition) is 6. The molecule has 44 heavy (non-hydrogen) atoms. The molecule has 3 heterocycles. The fourth-order valence-electron chi connectivity index (χ4n) is 8.61. The van der Waals surface area contributed by atoms with Crippen molar-refractivity contribution in [1.29, 1.82) is 0 Å². The van der Waals surface area contributed by atoms with Crippen molar-refractivity contribution in [1.82, 2.24) is 9.80 Å². The molecule has 5 rings (SSSR count). The number of benzene rings is 1. The first-order valence-corrected chi connectivity index (χ1v) is 16.6. The molecule has 240 valence electrons. The second kappa shape index (κ2) is 13.6. The number of aliphatic hydroxyl groups excluding tert-OH is 1. The predicted molar refractivity (Wildman–Crippen MR) is 168 cm³/mol. The number of esters is 1. The summed E-state index contributed by atoms with van der Waals surface area (Å²) in [7, 11) is 0. The quantitative estimate of drug-likeness (QED) is 0.185. The number of fused-ring (bicyclic) bond motifs is 1. The van der Waals surface area contributed by atoms with Gasteiger partial charge in [0.1, 0.15) is 17.6 Å². The Hall–Kier alpha value is -2.97. The van der Waals surface area contributed by atoms with Gasteiger partial charge in [-0.25, -0.2) is 0 Å². The Bertz CT molecular complexity index is 1210. The molecule has 4 fully saturated rings. The van der Waals surface area contributed by atoms with E-state index in [2.05, 4.69) is 13.2 Å². The normalized spacial score (nSPS) is 31.9. The van der Waals surface area contributed by atoms with Crippen LogP contribution in [0.4, 0.5) is 0 Å². The summed E-state index contributed by atoms with van der Waals surface area (Å²) in [6.45, 7) is 12.0. The molecule has 3 saturated heterocycles. The second-order valence-electron chi connectivity index (χ2n) is 13.5. The number of carbonyl (C=O) groups excluding carboxylic acids is 3. The van der Waals surface area contributed by atoms with Crippen LogP contribution in [0.25, 0.3) is 0 Å². The number of hydrogen-bond donors (Lipinski definition) is 1. The largest absolute Gasteiger partial charge is 0.465 e. The fourth-order valence-corrected chi connectivity index (χ4v) is 8.61. The van der Waals surface area contributed by atoms with E-state index in [1.54, 1.807) is 11.0 Å². The highest BCUT2D eigenvalue weighted by Crippen LogP contribution is 2.65. The first kappa shape index (κ1) is 32.4. The van der Waals surface area contributed by atoms with Crippen LogP contribution in [0.5, 0.6) is 0 Å². The molecule has 8 heteroatoms. The third-order valence-corrected chi connectivity index (χ3v) is 10.8. The van der Waals surface area contributed by atoms with Gasteiger partial charge in [-0.2, -0.15) is 0 Å². The van der Waals surface area contributed by atoms with Gasteiger partial charge in [-0.3, -0.25) is 14.4 Å². The van der Waals surface area contributed by atoms with Gasteiger partial charge in [0.2, 0.25) is 11.8 Å². The SMILES string of the molecule is C=CCCCCOC(=O)[C@@H]1[C@H]2C(=O)N([C@@H](CO)Cc3ccccc3)C(C(=O)N(CC=C)C3CCCCC3)C23CC(C)[C@@]1(C)O3. The lowest BCUT2D eigenvalue weighted by atomic mass is 9.62. The Morgan fingerprint density at radius 1 is 1.16 bits per heavy atom. The first-order chi connectivity index (χ1) is 21.2. The number of carbonyl (C=O) groups is 3. The lowest BCUT2D eigenvalue weighted by Gasteiger charge is -2.42. The van der Waals surface area contributed by atoms with Crippen molar-refractivity contribution in [3.63, 3.8) is 0 Å². The second-order valence-corrected chi connectivity index (χ2v) is 13.5. The molecule has 1 N–H and O–H groups in total. The number of allylic oxidation sites excluding steroid dienone is 1. The summed E-state index contributed by atoms with van der Waals surface area (Å²) in [5.74, 6) is -2.69. The molecule has 3 unspecified atom stereocenters. The van der Waals surface area contributed by atoms with E-state index in [0.29, 0.717) is 25.8 Å². The van der Waals surface area contributed by atoms with Crippen LogP contribution in [0.15, 0.2) is 55.6 Å². The minimum absolute atomic E-state index is 0.0475. The molecule has 3 aliphatic heterocycles. The van der Waals surface area contributed by atoms with Gasteiger partial charge >= 0.3 is 5.97 Å². The summed E-state index contributed by atoms with van der Waals surface area (Å²) in [5, 5.41) is 10.8. The summed E-state index contributed by atoms with van der Waals surface area (Å²) in [4.78, 5) is 47.0. The molecule has 1 aromatic rings. The lowest BCUT2D eigenvalue weighted by molar-refractivity contribution is -0.164. The van der Waals surface area contributed by atoms with Gasteiger partial charge in [0.05, 0.1) is 30.8 Å². The average Bonchev–Trinajstić information content (AvgIpc) is 3.55. The van der Waals surface area contributed by atoms with Gasteiger partial charge in [0.25, 0.3) is 0 Å². The molecular formula is C36H50N2O6. The molecule has 0 radical (unpaired) electrons. The molecule has 1 spiro atoms. The van der Waals surface area contributed by atoms with Crippen LogP contribution in [0.1, 0.15) is 77.2 Å². The molecule has 4 aliphatic rings. The number of amides is 2. The van der Waals surface area contributed by atoms with E-state index in [4.69, 9.17) is 9.47 Å². The zero-order chi connectivity index (χ0) is 31.5. The molecule has 8 nitrogen and oxygen atoms in total. The smallest absolute Gasteiger partial charge is 0.312 e. The van der Waals surface area contributed by atoms with Gasteiger partial charge < -0.3 is 24.4 Å². The molecule has 1 saturated carbocycles. The van der Waals surface area contributed by atoms with Crippen molar-refractivity contribution >= 4 is 17.8 Å². The molecule has 2 amide bonds. The summed E-state index contributed by atoms with van der Waals surface area (Å²) in [6.07, 6.45) is 11.9. The number of nitrogens with zero attached hydrogens (tertiary/aromatic N) is 2. The van der Waals surface area contributed by atoms with Gasteiger partial charge in [-0.1, -0.05) is 68.7 Å². The van der Waals surface area contributed by atoms with Crippen LogP contribution in [0.3, 0.4) is 0 Å². The average molecular weight is 607 g/mol. The Balaban J connectivity index is 1.55. The van der Waals surface area contributed by atoms with Gasteiger partial charge in [0.15, 0.2) is 0 Å². The standard InChI is InChI=1S/C36H50N2O6/c1-5-7-8-15-21-43-34(42)30-29-32(40)38(28(24-39)22-26-16-11-9-12-17-26)31(36(29)23-25(3)35(30,4)44-36)33(41)37(20-6-2)27-18-13-10-14-19-27/h5-6,9,11-12,16-17,25,27-31,39H,1-2,7-8,10,13-15,18-24H2,3-4H3/t25?,28-,29+,30+,31?,35-,36?/m1/s1. The monoisotopic (exact) mass is 606 g/mol. The molecule has 7 atom stereocenters. The van der Waals surface area contributed by atoms with Crippen LogP contribution in [0, 0.1) is 17.8 Å². The van der Waals surface area contributed by atoms with E-state index >= 15 is 0 Å². The molecule has 1 aliphatic carbocycles. The highest BCUT2D eigenvalue weighted by molar-refractivity contribution is 5.99. The summed E-state index contributed by atoms with van der Waals surface area (Å²) in [5.41, 5.74) is -1.17. The predicted octanol–water partition coefficient (Wildman–Crippen LogP) is 4.85. The van der Waals surface area contributed by atoms with Crippen molar-refractivity contribution in [2.45, 2.75) is 107 Å². The third-order valence-electron chi connectivity index (χ3n) is 10.8. The highest BCUT2D eigenvalue weighted by Gasteiger charge is 2.80. The zero-order valence-electron chi connectivity index (χ0n) is 26.5. The maximum absolute atomic E-state index is 14.9. The molecular weight excluding hydrogens is 556 g/mol. The minimum atomic E-state index is -1.19. The van der Waals surface area contributed by atoms with E-state index in [1.807, 2.05) is 55.2 Å². The van der Waals surface area contributed by atoms with Crippen LogP contribution in [0.2, 0.25) is 0 Å². The Morgan fingerprint density at radius 2 is 1.89 bits per heavy atom. The van der Waals surface area contributed by atoms with Gasteiger partial charge in [0, 0.05) is 12.6 Å². The maximum atomic E-state index is 14.9. The fraction of sp³-hybridized carbons (Fsp3) is 0.639. The lowest BCUT2D eigenvalue weighted by Crippen LogP contribution is -2.60. The number of rotatable bonds is 14. The third kappa shape index (κ3) is 5.64. The highest BCUT2D eigenvalue weighted by atomic mass is 16.6. The van der Waals surface area contributed by atoms with E-state index in [-0.39, 0.29) is 37.0 Å². The van der Waals surface area contributed by atoms with Crippen molar-refractivity contribution in [3.05, 3.63) is 61.2 Å². The van der Waals surface area contributed by atoms with Gasteiger partial charge in [-0.15, -0.1) is 13.2 Å². The Morgan fingerprint density at radius 3 is 2.55 bits per heavy atom. The van der Waals surface area contributed by atoms with Crippen molar-refractivity contribution < 1.29 is 29.0 Å². The van der Waals surface area contributed by atoms with Crippen LogP contribution in [-0.4, -0.2) is 81.8 Å². The molecule has 1 aromatic carbocycles. The number of ether oxygens (including phenoxy) is 2. The Kier molecular flexibility index (Phi) is 10.0. The Labute approximate surface area is 262 Å². The van der Waals surface area contributed by atoms with Crippen molar-refractivity contribution in [2.75, 3.05) is 19.8 Å². The maximum Gasteiger partial charge on any atom is 0.312 e. The van der Waals surface area contributed by atoms with Crippen molar-refractivity contribution in [3.8, 4) is 0 Å². The van der Waals surface area contributed by atoms with Crippen LogP contribution >= 0.6 is 0 Å². The van der Waals surface area contributed by atoms with E-state index in [9.17, 15) is 19.5 Å². The summed E-state index contributed by atoms with van der Waals surface area (Å²) >= 11 is 0. The number of aliphatic hydroxyl groups is 1. The van der Waals surface area contributed by atoms with Crippen LogP contribution in [-0.2, 0) is 30.3 Å². The number of likely N-dealkylation sites (tertiary alicyclic amines) is 1. The summed E-state index contributed by atoms with van der Waals surface area (Å²) in [6, 6.07) is 8.13. The van der Waals surface area contributed by atoms with Crippen molar-refractivity contribution in [2.24, 2.45) is 17.8 Å². The topological polar surface area (TPSA) is 96.4 Å². The summed E-state index contributed by atoms with van der Waals surface area (Å²) < 4.78 is 12.7. The van der Waals surface area contributed by atoms with Crippen LogP contribution < -0.4 is 0 Å². The van der Waals surface area contributed by atoms with Gasteiger partial charge in [-0.05, 0) is 63.4 Å².